The average Bonchev–Trinajstić information content (AvgIpc) is 2.50. The van der Waals surface area contributed by atoms with Crippen molar-refractivity contribution in [2.45, 2.75) is 6.92 Å². The Kier molecular flexibility index (Phi) is 2.52. The van der Waals surface area contributed by atoms with Crippen LogP contribution in [0.15, 0.2) is 23.0 Å². The maximum absolute atomic E-state index is 11.4. The summed E-state index contributed by atoms with van der Waals surface area (Å²) in [6.45, 7) is 1.91. The van der Waals surface area contributed by atoms with E-state index in [0.717, 1.165) is 11.1 Å². The topological polar surface area (TPSA) is 63.8 Å². The maximum Gasteiger partial charge on any atom is 0.327 e. The van der Waals surface area contributed by atoms with E-state index in [4.69, 9.17) is 17.3 Å². The van der Waals surface area contributed by atoms with Crippen molar-refractivity contribution < 1.29 is 0 Å². The Balaban J connectivity index is 2.63. The number of nitrogens with one attached hydrogen (secondary N) is 1. The predicted octanol–water partition coefficient (Wildman–Crippen LogP) is 1.92. The number of H-pyrrole nitrogens is 1. The van der Waals surface area contributed by atoms with Crippen molar-refractivity contribution in [1.29, 1.82) is 0 Å². The van der Waals surface area contributed by atoms with E-state index in [-0.39, 0.29) is 5.69 Å². The second-order valence-corrected chi connectivity index (χ2v) is 4.12. The number of imidazole rings is 1. The summed E-state index contributed by atoms with van der Waals surface area (Å²) in [5.41, 5.74) is 8.04. The van der Waals surface area contributed by atoms with Gasteiger partial charge in [0.15, 0.2) is 0 Å². The minimum Gasteiger partial charge on any atom is -0.383 e. The highest BCUT2D eigenvalue weighted by Gasteiger charge is 2.10. The summed E-state index contributed by atoms with van der Waals surface area (Å²) in [5.74, 6) is 0.423. The first-order valence-corrected chi connectivity index (χ1v) is 5.19. The Labute approximate surface area is 97.7 Å². The zero-order valence-corrected chi connectivity index (χ0v) is 9.80. The molecule has 84 valence electrons. The zero-order valence-electron chi connectivity index (χ0n) is 9.04. The monoisotopic (exact) mass is 237 g/mol. The van der Waals surface area contributed by atoms with Crippen LogP contribution in [0, 0.1) is 6.92 Å². The van der Waals surface area contributed by atoms with E-state index >= 15 is 0 Å². The van der Waals surface area contributed by atoms with Crippen LogP contribution >= 0.6 is 11.6 Å². The molecule has 0 atom stereocenters. The van der Waals surface area contributed by atoms with Crippen molar-refractivity contribution in [3.05, 3.63) is 39.3 Å². The van der Waals surface area contributed by atoms with Gasteiger partial charge in [0.25, 0.3) is 0 Å². The van der Waals surface area contributed by atoms with Crippen molar-refractivity contribution in [3.63, 3.8) is 0 Å². The fourth-order valence-electron chi connectivity index (χ4n) is 1.55. The number of benzene rings is 1. The number of anilines is 1. The van der Waals surface area contributed by atoms with E-state index in [1.165, 1.54) is 4.57 Å². The van der Waals surface area contributed by atoms with Crippen LogP contribution in [0.3, 0.4) is 0 Å². The molecule has 0 bridgehead atoms. The Morgan fingerprint density at radius 3 is 2.62 bits per heavy atom. The molecule has 0 amide bonds. The van der Waals surface area contributed by atoms with E-state index in [1.807, 2.05) is 19.1 Å². The molecule has 0 saturated heterocycles. The smallest absolute Gasteiger partial charge is 0.327 e. The van der Waals surface area contributed by atoms with E-state index in [0.29, 0.717) is 16.5 Å². The fourth-order valence-corrected chi connectivity index (χ4v) is 1.67. The summed E-state index contributed by atoms with van der Waals surface area (Å²) < 4.78 is 1.37. The largest absolute Gasteiger partial charge is 0.383 e. The molecule has 1 heterocycles. The number of hydrogen-bond acceptors (Lipinski definition) is 2. The summed E-state index contributed by atoms with van der Waals surface area (Å²) in [4.78, 5) is 14.1. The molecular formula is C11H12ClN3O. The number of nitrogen functional groups attached to an aromatic ring is 1. The number of aromatic amines is 1. The number of aromatic nitrogens is 2. The number of halogens is 1. The molecule has 1 aromatic heterocycles. The van der Waals surface area contributed by atoms with Crippen LogP contribution in [-0.2, 0) is 7.05 Å². The van der Waals surface area contributed by atoms with Gasteiger partial charge >= 0.3 is 5.69 Å². The van der Waals surface area contributed by atoms with Crippen molar-refractivity contribution in [2.24, 2.45) is 7.05 Å². The van der Waals surface area contributed by atoms with Crippen molar-refractivity contribution in [3.8, 4) is 11.3 Å². The molecule has 0 aliphatic heterocycles. The highest BCUT2D eigenvalue weighted by atomic mass is 35.5. The third-order valence-electron chi connectivity index (χ3n) is 2.60. The maximum atomic E-state index is 11.4. The van der Waals surface area contributed by atoms with Gasteiger partial charge in [-0.05, 0) is 24.6 Å². The van der Waals surface area contributed by atoms with Crippen LogP contribution in [-0.4, -0.2) is 9.55 Å². The van der Waals surface area contributed by atoms with Gasteiger partial charge in [0.2, 0.25) is 0 Å². The lowest BCUT2D eigenvalue weighted by atomic mass is 10.1. The Morgan fingerprint density at radius 2 is 2.12 bits per heavy atom. The Bertz CT molecular complexity index is 598. The lowest BCUT2D eigenvalue weighted by Gasteiger charge is -2.03. The van der Waals surface area contributed by atoms with E-state index in [9.17, 15) is 4.79 Å². The van der Waals surface area contributed by atoms with Crippen molar-refractivity contribution >= 4 is 17.4 Å². The normalized spacial score (nSPS) is 10.7. The summed E-state index contributed by atoms with van der Waals surface area (Å²) in [6, 6.07) is 5.51. The molecule has 0 aliphatic rings. The van der Waals surface area contributed by atoms with Gasteiger partial charge < -0.3 is 10.7 Å². The zero-order chi connectivity index (χ0) is 11.9. The van der Waals surface area contributed by atoms with Gasteiger partial charge in [-0.15, -0.1) is 0 Å². The fraction of sp³-hybridized carbons (Fsp3) is 0.182. The highest BCUT2D eigenvalue weighted by molar-refractivity contribution is 6.31. The van der Waals surface area contributed by atoms with E-state index in [2.05, 4.69) is 4.98 Å². The molecule has 0 saturated carbocycles. The van der Waals surface area contributed by atoms with Gasteiger partial charge in [0.05, 0.1) is 5.69 Å². The van der Waals surface area contributed by atoms with Crippen LogP contribution in [0.4, 0.5) is 5.82 Å². The number of nitrogens with zero attached hydrogens (tertiary/aromatic N) is 1. The molecule has 0 aliphatic carbocycles. The van der Waals surface area contributed by atoms with E-state index < -0.39 is 0 Å². The van der Waals surface area contributed by atoms with Gasteiger partial charge in [-0.3, -0.25) is 4.57 Å². The van der Waals surface area contributed by atoms with Gasteiger partial charge in [0, 0.05) is 17.6 Å². The van der Waals surface area contributed by atoms with Gasteiger partial charge in [-0.2, -0.15) is 0 Å². The van der Waals surface area contributed by atoms with Crippen molar-refractivity contribution in [2.75, 3.05) is 5.73 Å². The summed E-state index contributed by atoms with van der Waals surface area (Å²) >= 11 is 5.94. The van der Waals surface area contributed by atoms with Crippen LogP contribution < -0.4 is 11.4 Å². The molecule has 0 radical (unpaired) electrons. The first kappa shape index (κ1) is 10.8. The minimum atomic E-state index is -0.222. The van der Waals surface area contributed by atoms with Crippen LogP contribution in [0.1, 0.15) is 5.56 Å². The minimum absolute atomic E-state index is 0.222. The van der Waals surface area contributed by atoms with Gasteiger partial charge in [-0.25, -0.2) is 4.79 Å². The Hall–Kier alpha value is -1.68. The van der Waals surface area contributed by atoms with E-state index in [1.54, 1.807) is 13.1 Å². The molecule has 0 spiro atoms. The quantitative estimate of drug-likeness (QED) is 0.796. The molecule has 1 aromatic carbocycles. The lowest BCUT2D eigenvalue weighted by molar-refractivity contribution is 0.873. The number of rotatable bonds is 1. The molecular weight excluding hydrogens is 226 g/mol. The highest BCUT2D eigenvalue weighted by Crippen LogP contribution is 2.26. The first-order chi connectivity index (χ1) is 7.50. The molecule has 2 rings (SSSR count). The molecule has 4 nitrogen and oxygen atoms in total. The SMILES string of the molecule is Cc1cc(-c2[nH]c(=O)n(C)c2N)ccc1Cl. The van der Waals surface area contributed by atoms with Crippen LogP contribution in [0.25, 0.3) is 11.3 Å². The van der Waals surface area contributed by atoms with Gasteiger partial charge in [-0.1, -0.05) is 17.7 Å². The molecule has 0 unspecified atom stereocenters. The van der Waals surface area contributed by atoms with Gasteiger partial charge in [0.1, 0.15) is 5.82 Å². The number of nitrogens with two attached hydrogens (primary N) is 1. The number of hydrogen-bond donors (Lipinski definition) is 2. The Morgan fingerprint density at radius 1 is 1.44 bits per heavy atom. The molecule has 0 fully saturated rings. The molecule has 2 aromatic rings. The third kappa shape index (κ3) is 1.61. The average molecular weight is 238 g/mol. The van der Waals surface area contributed by atoms with Crippen LogP contribution in [0.2, 0.25) is 5.02 Å². The van der Waals surface area contributed by atoms with Crippen LogP contribution in [0.5, 0.6) is 0 Å². The summed E-state index contributed by atoms with van der Waals surface area (Å²) in [5, 5.41) is 0.695. The summed E-state index contributed by atoms with van der Waals surface area (Å²) in [7, 11) is 1.63. The standard InChI is InChI=1S/C11H12ClN3O/c1-6-5-7(3-4-8(6)12)9-10(13)15(2)11(16)14-9/h3-5H,13H2,1-2H3,(H,14,16). The predicted molar refractivity (Wildman–Crippen MR) is 65.6 cm³/mol. The second kappa shape index (κ2) is 3.72. The molecule has 5 heteroatoms. The second-order valence-electron chi connectivity index (χ2n) is 3.71. The third-order valence-corrected chi connectivity index (χ3v) is 3.02. The number of aryl methyl sites for hydroxylation is 1. The van der Waals surface area contributed by atoms with Crippen molar-refractivity contribution in [1.82, 2.24) is 9.55 Å². The lowest BCUT2D eigenvalue weighted by Crippen LogP contribution is -2.13. The summed E-state index contributed by atoms with van der Waals surface area (Å²) in [6.07, 6.45) is 0. The first-order valence-electron chi connectivity index (χ1n) is 4.81. The molecule has 16 heavy (non-hydrogen) atoms. The molecule has 3 N–H and O–H groups in total.